The molecule has 0 bridgehead atoms. The number of aromatic carboxylic acids is 1. The number of nitrogens with zero attached hydrogens (tertiary/aromatic N) is 1. The highest BCUT2D eigenvalue weighted by molar-refractivity contribution is 7.98. The number of para-hydroxylation sites is 1. The molecule has 2 heterocycles. The van der Waals surface area contributed by atoms with Crippen molar-refractivity contribution < 1.29 is 9.90 Å². The minimum Gasteiger partial charge on any atom is -0.478 e. The minimum atomic E-state index is -0.980. The van der Waals surface area contributed by atoms with Gasteiger partial charge >= 0.3 is 5.97 Å². The number of carboxylic acids is 1. The Kier molecular flexibility index (Phi) is 5.09. The number of nitrogens with one attached hydrogen (secondary N) is 1. The fourth-order valence-electron chi connectivity index (χ4n) is 2.78. The summed E-state index contributed by atoms with van der Waals surface area (Å²) >= 11 is 2.93. The summed E-state index contributed by atoms with van der Waals surface area (Å²) in [6, 6.07) is 21.5. The largest absolute Gasteiger partial charge is 0.478 e. The smallest absolute Gasteiger partial charge is 0.340 e. The average Bonchev–Trinajstić information content (AvgIpc) is 3.16. The molecule has 4 nitrogen and oxygen atoms in total. The van der Waals surface area contributed by atoms with E-state index in [4.69, 9.17) is 0 Å². The van der Waals surface area contributed by atoms with E-state index in [1.54, 1.807) is 0 Å². The molecule has 0 amide bonds. The van der Waals surface area contributed by atoms with Crippen LogP contribution in [0.2, 0.25) is 0 Å². The van der Waals surface area contributed by atoms with E-state index < -0.39 is 5.97 Å². The van der Waals surface area contributed by atoms with E-state index in [0.29, 0.717) is 16.5 Å². The van der Waals surface area contributed by atoms with Crippen LogP contribution in [0, 0.1) is 0 Å². The lowest BCUT2D eigenvalue weighted by atomic mass is 10.2. The van der Waals surface area contributed by atoms with Crippen molar-refractivity contribution in [2.75, 3.05) is 5.32 Å². The minimum absolute atomic E-state index is 0.217. The zero-order valence-corrected chi connectivity index (χ0v) is 15.9. The highest BCUT2D eigenvalue weighted by Gasteiger charge is 2.22. The van der Waals surface area contributed by atoms with Gasteiger partial charge in [-0.1, -0.05) is 48.5 Å². The van der Waals surface area contributed by atoms with E-state index in [-0.39, 0.29) is 5.56 Å². The lowest BCUT2D eigenvalue weighted by Gasteiger charge is -2.14. The Labute approximate surface area is 164 Å². The molecule has 6 heteroatoms. The van der Waals surface area contributed by atoms with Crippen LogP contribution < -0.4 is 5.32 Å². The van der Waals surface area contributed by atoms with Crippen molar-refractivity contribution in [1.82, 2.24) is 4.98 Å². The standard InChI is InChI=1S/C21H16N2O2S2/c24-21(25)17-18(22-15-9-5-2-6-10-15)19-16(11-12-26-19)23-20(17)27-13-14-7-3-1-4-8-14/h1-12H,13H2,(H,22,23)(H,24,25). The first-order valence-electron chi connectivity index (χ1n) is 8.35. The average molecular weight is 393 g/mol. The maximum Gasteiger partial charge on any atom is 0.340 e. The van der Waals surface area contributed by atoms with Gasteiger partial charge in [-0.05, 0) is 29.1 Å². The highest BCUT2D eigenvalue weighted by Crippen LogP contribution is 2.38. The van der Waals surface area contributed by atoms with Gasteiger partial charge in [0.15, 0.2) is 0 Å². The van der Waals surface area contributed by atoms with E-state index >= 15 is 0 Å². The summed E-state index contributed by atoms with van der Waals surface area (Å²) in [6.07, 6.45) is 0. The maximum absolute atomic E-state index is 12.1. The number of carbonyl (C=O) groups is 1. The Morgan fingerprint density at radius 1 is 1.04 bits per heavy atom. The van der Waals surface area contributed by atoms with E-state index in [1.165, 1.54) is 23.1 Å². The predicted molar refractivity (Wildman–Crippen MR) is 112 cm³/mol. The summed E-state index contributed by atoms with van der Waals surface area (Å²) in [6.45, 7) is 0. The van der Waals surface area contributed by atoms with Gasteiger partial charge in [-0.15, -0.1) is 23.1 Å². The number of thiophene rings is 1. The summed E-state index contributed by atoms with van der Waals surface area (Å²) in [5, 5.41) is 15.7. The summed E-state index contributed by atoms with van der Waals surface area (Å²) in [7, 11) is 0. The molecule has 2 N–H and O–H groups in total. The van der Waals surface area contributed by atoms with Crippen molar-refractivity contribution in [1.29, 1.82) is 0 Å². The van der Waals surface area contributed by atoms with Gasteiger partial charge in [0, 0.05) is 11.4 Å². The molecule has 27 heavy (non-hydrogen) atoms. The molecule has 4 rings (SSSR count). The first-order chi connectivity index (χ1) is 13.2. The SMILES string of the molecule is O=C(O)c1c(SCc2ccccc2)nc2ccsc2c1Nc1ccccc1. The number of thioether (sulfide) groups is 1. The van der Waals surface area contributed by atoms with Crippen molar-refractivity contribution in [2.45, 2.75) is 10.8 Å². The van der Waals surface area contributed by atoms with E-state index in [1.807, 2.05) is 72.1 Å². The number of fused-ring (bicyclic) bond motifs is 1. The molecule has 0 aliphatic rings. The second-order valence-electron chi connectivity index (χ2n) is 5.87. The Morgan fingerprint density at radius 2 is 1.74 bits per heavy atom. The number of rotatable bonds is 6. The van der Waals surface area contributed by atoms with Crippen LogP contribution in [0.1, 0.15) is 15.9 Å². The van der Waals surface area contributed by atoms with Gasteiger partial charge < -0.3 is 10.4 Å². The molecule has 2 aromatic carbocycles. The van der Waals surface area contributed by atoms with Crippen LogP contribution in [0.15, 0.2) is 77.1 Å². The predicted octanol–water partition coefficient (Wildman–Crippen LogP) is 6.03. The third-order valence-electron chi connectivity index (χ3n) is 4.03. The Balaban J connectivity index is 1.78. The van der Waals surface area contributed by atoms with Gasteiger partial charge in [-0.2, -0.15) is 0 Å². The third-order valence-corrected chi connectivity index (χ3v) is 6.00. The lowest BCUT2D eigenvalue weighted by molar-refractivity contribution is 0.0693. The number of benzene rings is 2. The molecular formula is C21H16N2O2S2. The first-order valence-corrected chi connectivity index (χ1v) is 10.2. The lowest BCUT2D eigenvalue weighted by Crippen LogP contribution is -2.07. The van der Waals surface area contributed by atoms with Crippen molar-refractivity contribution in [2.24, 2.45) is 0 Å². The van der Waals surface area contributed by atoms with Crippen molar-refractivity contribution >= 4 is 50.7 Å². The number of hydrogen-bond acceptors (Lipinski definition) is 5. The molecule has 0 aliphatic carbocycles. The molecule has 0 spiro atoms. The van der Waals surface area contributed by atoms with Crippen molar-refractivity contribution in [3.8, 4) is 0 Å². The second kappa shape index (κ2) is 7.82. The Bertz CT molecular complexity index is 1080. The summed E-state index contributed by atoms with van der Waals surface area (Å²) in [5.74, 6) is -0.319. The van der Waals surface area contributed by atoms with Gasteiger partial charge in [0.05, 0.1) is 15.9 Å². The molecule has 0 fully saturated rings. The van der Waals surface area contributed by atoms with E-state index in [9.17, 15) is 9.90 Å². The fraction of sp³-hybridized carbons (Fsp3) is 0.0476. The Morgan fingerprint density at radius 3 is 2.44 bits per heavy atom. The van der Waals surface area contributed by atoms with Gasteiger partial charge in [0.1, 0.15) is 10.6 Å². The second-order valence-corrected chi connectivity index (χ2v) is 7.75. The van der Waals surface area contributed by atoms with Crippen LogP contribution in [0.4, 0.5) is 11.4 Å². The van der Waals surface area contributed by atoms with Gasteiger partial charge in [0.25, 0.3) is 0 Å². The number of aromatic nitrogens is 1. The number of carboxylic acid groups (broad SMARTS) is 1. The fourth-order valence-corrected chi connectivity index (χ4v) is 4.61. The molecule has 2 aromatic heterocycles. The van der Waals surface area contributed by atoms with Crippen LogP contribution in [-0.4, -0.2) is 16.1 Å². The summed E-state index contributed by atoms with van der Waals surface area (Å²) < 4.78 is 0.848. The van der Waals surface area contributed by atoms with Gasteiger partial charge in [0.2, 0.25) is 0 Å². The molecular weight excluding hydrogens is 376 g/mol. The molecule has 0 saturated heterocycles. The molecule has 0 unspecified atom stereocenters. The summed E-state index contributed by atoms with van der Waals surface area (Å²) in [5.41, 5.74) is 3.60. The number of hydrogen-bond donors (Lipinski definition) is 2. The Hall–Kier alpha value is -2.83. The number of anilines is 2. The third kappa shape index (κ3) is 3.82. The van der Waals surface area contributed by atoms with Gasteiger partial charge in [-0.25, -0.2) is 9.78 Å². The van der Waals surface area contributed by atoms with Crippen LogP contribution in [-0.2, 0) is 5.75 Å². The maximum atomic E-state index is 12.1. The van der Waals surface area contributed by atoms with E-state index in [0.717, 1.165) is 21.5 Å². The van der Waals surface area contributed by atoms with Crippen LogP contribution >= 0.6 is 23.1 Å². The quantitative estimate of drug-likeness (QED) is 0.392. The van der Waals surface area contributed by atoms with Crippen molar-refractivity contribution in [3.05, 3.63) is 83.2 Å². The summed E-state index contributed by atoms with van der Waals surface area (Å²) in [4.78, 5) is 16.7. The molecule has 0 saturated carbocycles. The number of pyridine rings is 1. The first kappa shape index (κ1) is 17.6. The zero-order valence-electron chi connectivity index (χ0n) is 14.3. The molecule has 134 valence electrons. The van der Waals surface area contributed by atoms with E-state index in [2.05, 4.69) is 10.3 Å². The van der Waals surface area contributed by atoms with Crippen LogP contribution in [0.25, 0.3) is 10.2 Å². The van der Waals surface area contributed by atoms with Crippen LogP contribution in [0.3, 0.4) is 0 Å². The topological polar surface area (TPSA) is 62.2 Å². The molecule has 0 aliphatic heterocycles. The monoisotopic (exact) mass is 392 g/mol. The molecule has 0 atom stereocenters. The highest BCUT2D eigenvalue weighted by atomic mass is 32.2. The van der Waals surface area contributed by atoms with Crippen LogP contribution in [0.5, 0.6) is 0 Å². The zero-order chi connectivity index (χ0) is 18.6. The van der Waals surface area contributed by atoms with Crippen molar-refractivity contribution in [3.63, 3.8) is 0 Å². The molecule has 0 radical (unpaired) electrons. The normalized spacial score (nSPS) is 10.8. The molecule has 4 aromatic rings. The van der Waals surface area contributed by atoms with Gasteiger partial charge in [-0.3, -0.25) is 0 Å².